The molecule has 0 aliphatic carbocycles. The van der Waals surface area contributed by atoms with Gasteiger partial charge in [0.05, 0.1) is 14.2 Å². The number of benzene rings is 2. The van der Waals surface area contributed by atoms with Crippen molar-refractivity contribution < 1.29 is 23.8 Å². The van der Waals surface area contributed by atoms with Gasteiger partial charge in [-0.25, -0.2) is 4.79 Å². The number of amides is 1. The summed E-state index contributed by atoms with van der Waals surface area (Å²) in [6, 6.07) is 15.5. The summed E-state index contributed by atoms with van der Waals surface area (Å²) >= 11 is 0. The van der Waals surface area contributed by atoms with Crippen LogP contribution in [0.3, 0.4) is 0 Å². The van der Waals surface area contributed by atoms with Crippen molar-refractivity contribution >= 4 is 11.9 Å². The molecule has 0 aromatic heterocycles. The first-order chi connectivity index (χ1) is 12.1. The highest BCUT2D eigenvalue weighted by Gasteiger charge is 2.22. The van der Waals surface area contributed by atoms with E-state index < -0.39 is 17.9 Å². The number of esters is 1. The Morgan fingerprint density at radius 1 is 0.960 bits per heavy atom. The highest BCUT2D eigenvalue weighted by Crippen LogP contribution is 2.16. The maximum absolute atomic E-state index is 12.1. The lowest BCUT2D eigenvalue weighted by Gasteiger charge is -2.17. The van der Waals surface area contributed by atoms with Crippen LogP contribution in [-0.4, -0.2) is 38.7 Å². The minimum Gasteiger partial charge on any atom is -0.497 e. The number of hydrogen-bond acceptors (Lipinski definition) is 5. The first kappa shape index (κ1) is 18.3. The first-order valence-electron chi connectivity index (χ1n) is 7.80. The molecule has 2 aromatic carbocycles. The number of ether oxygens (including phenoxy) is 3. The summed E-state index contributed by atoms with van der Waals surface area (Å²) in [5.41, 5.74) is 0.925. The van der Waals surface area contributed by atoms with Gasteiger partial charge in [0, 0.05) is 6.42 Å². The average molecular weight is 343 g/mol. The lowest BCUT2D eigenvalue weighted by atomic mass is 10.1. The molecule has 0 fully saturated rings. The van der Waals surface area contributed by atoms with Crippen LogP contribution in [0, 0.1) is 0 Å². The van der Waals surface area contributed by atoms with E-state index in [1.807, 2.05) is 30.3 Å². The summed E-state index contributed by atoms with van der Waals surface area (Å²) in [7, 11) is 2.86. The molecule has 0 aliphatic rings. The molecule has 0 radical (unpaired) electrons. The van der Waals surface area contributed by atoms with Gasteiger partial charge in [-0.3, -0.25) is 4.79 Å². The van der Waals surface area contributed by atoms with Gasteiger partial charge in [-0.1, -0.05) is 30.3 Å². The van der Waals surface area contributed by atoms with Crippen LogP contribution in [0.1, 0.15) is 5.56 Å². The van der Waals surface area contributed by atoms with Gasteiger partial charge in [-0.05, 0) is 29.8 Å². The van der Waals surface area contributed by atoms with Crippen LogP contribution in [0.25, 0.3) is 0 Å². The molecule has 0 bridgehead atoms. The second kappa shape index (κ2) is 9.32. The van der Waals surface area contributed by atoms with E-state index >= 15 is 0 Å². The molecule has 0 saturated carbocycles. The van der Waals surface area contributed by atoms with Crippen molar-refractivity contribution in [3.8, 4) is 11.5 Å². The Morgan fingerprint density at radius 2 is 1.60 bits per heavy atom. The summed E-state index contributed by atoms with van der Waals surface area (Å²) in [5, 5.41) is 2.65. The van der Waals surface area contributed by atoms with Crippen LogP contribution in [0.2, 0.25) is 0 Å². The highest BCUT2D eigenvalue weighted by molar-refractivity contribution is 5.85. The lowest BCUT2D eigenvalue weighted by molar-refractivity contribution is -0.145. The van der Waals surface area contributed by atoms with Crippen molar-refractivity contribution in [1.29, 1.82) is 0 Å². The number of nitrogens with one attached hydrogen (secondary N) is 1. The minimum atomic E-state index is -0.764. The van der Waals surface area contributed by atoms with Crippen molar-refractivity contribution in [2.45, 2.75) is 12.5 Å². The van der Waals surface area contributed by atoms with E-state index in [2.05, 4.69) is 5.32 Å². The molecule has 0 heterocycles. The van der Waals surface area contributed by atoms with Crippen molar-refractivity contribution in [1.82, 2.24) is 5.32 Å². The van der Waals surface area contributed by atoms with Gasteiger partial charge in [0.15, 0.2) is 6.61 Å². The van der Waals surface area contributed by atoms with Gasteiger partial charge in [0.1, 0.15) is 17.5 Å². The zero-order valence-electron chi connectivity index (χ0n) is 14.2. The van der Waals surface area contributed by atoms with E-state index in [9.17, 15) is 9.59 Å². The molecule has 0 aliphatic heterocycles. The molecule has 1 N–H and O–H groups in total. The van der Waals surface area contributed by atoms with Crippen molar-refractivity contribution in [2.24, 2.45) is 0 Å². The fourth-order valence-corrected chi connectivity index (χ4v) is 2.24. The minimum absolute atomic E-state index is 0.200. The molecule has 1 amide bonds. The number of hydrogen-bond donors (Lipinski definition) is 1. The van der Waals surface area contributed by atoms with Crippen molar-refractivity contribution in [2.75, 3.05) is 20.8 Å². The molecular weight excluding hydrogens is 322 g/mol. The first-order valence-corrected chi connectivity index (χ1v) is 7.80. The second-order valence-corrected chi connectivity index (χ2v) is 5.30. The fourth-order valence-electron chi connectivity index (χ4n) is 2.24. The van der Waals surface area contributed by atoms with Crippen LogP contribution in [0.5, 0.6) is 11.5 Å². The van der Waals surface area contributed by atoms with Gasteiger partial charge < -0.3 is 19.5 Å². The molecule has 6 heteroatoms. The van der Waals surface area contributed by atoms with E-state index in [0.29, 0.717) is 17.9 Å². The van der Waals surface area contributed by atoms with Crippen LogP contribution in [0.4, 0.5) is 0 Å². The van der Waals surface area contributed by atoms with Crippen molar-refractivity contribution in [3.05, 3.63) is 60.2 Å². The molecule has 2 rings (SSSR count). The van der Waals surface area contributed by atoms with Gasteiger partial charge in [0.25, 0.3) is 5.91 Å². The third-order valence-electron chi connectivity index (χ3n) is 3.53. The Bertz CT molecular complexity index is 685. The highest BCUT2D eigenvalue weighted by atomic mass is 16.5. The molecule has 0 saturated heterocycles. The predicted octanol–water partition coefficient (Wildman–Crippen LogP) is 1.97. The Kier molecular flexibility index (Phi) is 6.83. The van der Waals surface area contributed by atoms with Gasteiger partial charge in [-0.15, -0.1) is 0 Å². The van der Waals surface area contributed by atoms with E-state index in [-0.39, 0.29) is 6.61 Å². The van der Waals surface area contributed by atoms with Crippen LogP contribution in [0.15, 0.2) is 54.6 Å². The van der Waals surface area contributed by atoms with Crippen LogP contribution in [-0.2, 0) is 20.7 Å². The quantitative estimate of drug-likeness (QED) is 0.742. The average Bonchev–Trinajstić information content (AvgIpc) is 2.66. The third-order valence-corrected chi connectivity index (χ3v) is 3.53. The molecule has 0 spiro atoms. The summed E-state index contributed by atoms with van der Waals surface area (Å²) < 4.78 is 15.2. The second-order valence-electron chi connectivity index (χ2n) is 5.30. The standard InChI is InChI=1S/C19H21NO5/c1-23-15-8-10-16(11-9-15)25-13-18(21)20-17(19(22)24-2)12-14-6-4-3-5-7-14/h3-11,17H,12-13H2,1-2H3,(H,20,21)/t17-/m1/s1. The van der Waals surface area contributed by atoms with Gasteiger partial charge in [0.2, 0.25) is 0 Å². The Labute approximate surface area is 146 Å². The normalized spacial score (nSPS) is 11.3. The predicted molar refractivity (Wildman–Crippen MR) is 92.6 cm³/mol. The molecule has 6 nitrogen and oxygen atoms in total. The summed E-state index contributed by atoms with van der Waals surface area (Å²) in [6.45, 7) is -0.200. The third kappa shape index (κ3) is 5.84. The summed E-state index contributed by atoms with van der Waals surface area (Å²) in [6.07, 6.45) is 0.349. The molecule has 0 unspecified atom stereocenters. The van der Waals surface area contributed by atoms with Gasteiger partial charge in [-0.2, -0.15) is 0 Å². The molecular formula is C19H21NO5. The monoisotopic (exact) mass is 343 g/mol. The zero-order valence-corrected chi connectivity index (χ0v) is 14.2. The topological polar surface area (TPSA) is 73.9 Å². The largest absolute Gasteiger partial charge is 0.497 e. The van der Waals surface area contributed by atoms with E-state index in [1.54, 1.807) is 31.4 Å². The molecule has 132 valence electrons. The van der Waals surface area contributed by atoms with E-state index in [0.717, 1.165) is 5.56 Å². The van der Waals surface area contributed by atoms with Crippen LogP contribution >= 0.6 is 0 Å². The number of methoxy groups -OCH3 is 2. The van der Waals surface area contributed by atoms with E-state index in [1.165, 1.54) is 7.11 Å². The summed E-state index contributed by atoms with van der Waals surface area (Å²) in [5.74, 6) is 0.336. The Balaban J connectivity index is 1.90. The smallest absolute Gasteiger partial charge is 0.328 e. The van der Waals surface area contributed by atoms with Crippen LogP contribution < -0.4 is 14.8 Å². The lowest BCUT2D eigenvalue weighted by Crippen LogP contribution is -2.44. The maximum Gasteiger partial charge on any atom is 0.328 e. The molecule has 1 atom stereocenters. The SMILES string of the molecule is COC(=O)[C@@H](Cc1ccccc1)NC(=O)COc1ccc(OC)cc1. The van der Waals surface area contributed by atoms with Crippen molar-refractivity contribution in [3.63, 3.8) is 0 Å². The Hall–Kier alpha value is -3.02. The maximum atomic E-state index is 12.1. The number of carbonyl (C=O) groups is 2. The van der Waals surface area contributed by atoms with E-state index in [4.69, 9.17) is 14.2 Å². The zero-order chi connectivity index (χ0) is 18.1. The number of carbonyl (C=O) groups excluding carboxylic acids is 2. The molecule has 25 heavy (non-hydrogen) atoms. The summed E-state index contributed by atoms with van der Waals surface area (Å²) in [4.78, 5) is 24.0. The van der Waals surface area contributed by atoms with Gasteiger partial charge >= 0.3 is 5.97 Å². The Morgan fingerprint density at radius 3 is 2.20 bits per heavy atom. The number of rotatable bonds is 8. The fraction of sp³-hybridized carbons (Fsp3) is 0.263. The molecule has 2 aromatic rings.